The lowest BCUT2D eigenvalue weighted by molar-refractivity contribution is -0.136. The van der Waals surface area contributed by atoms with Gasteiger partial charge < -0.3 is 21.6 Å². The van der Waals surface area contributed by atoms with Gasteiger partial charge in [0.05, 0.1) is 16.8 Å². The Balaban J connectivity index is 2.91. The Morgan fingerprint density at radius 1 is 1.29 bits per heavy atom. The van der Waals surface area contributed by atoms with Gasteiger partial charge in [-0.3, -0.25) is 0 Å². The Morgan fingerprint density at radius 2 is 1.86 bits per heavy atom. The van der Waals surface area contributed by atoms with Gasteiger partial charge in [-0.15, -0.1) is 0 Å². The molecule has 1 aromatic rings. The first-order valence-corrected chi connectivity index (χ1v) is 5.81. The number of nitrogens with one attached hydrogen (secondary N) is 2. The van der Waals surface area contributed by atoms with Gasteiger partial charge in [0.15, 0.2) is 5.84 Å². The van der Waals surface area contributed by atoms with Crippen LogP contribution in [0.3, 0.4) is 0 Å². The van der Waals surface area contributed by atoms with Crippen molar-refractivity contribution in [2.24, 2.45) is 10.9 Å². The second-order valence-corrected chi connectivity index (χ2v) is 4.73. The minimum atomic E-state index is -4.59. The fourth-order valence-electron chi connectivity index (χ4n) is 1.47. The van der Waals surface area contributed by atoms with Crippen LogP contribution in [0.5, 0.6) is 0 Å². The average Bonchev–Trinajstić information content (AvgIpc) is 2.36. The number of urea groups is 1. The van der Waals surface area contributed by atoms with E-state index in [1.165, 1.54) is 26.0 Å². The number of carbonyl (C=O) groups is 1. The molecule has 0 aromatic heterocycles. The maximum Gasteiger partial charge on any atom is 0.418 e. The lowest BCUT2D eigenvalue weighted by Gasteiger charge is -2.25. The van der Waals surface area contributed by atoms with Gasteiger partial charge in [0.1, 0.15) is 0 Å². The number of amidine groups is 1. The Kier molecular flexibility index (Phi) is 4.66. The summed E-state index contributed by atoms with van der Waals surface area (Å²) in [7, 11) is 0. The fraction of sp³-hybridized carbons (Fsp3) is 0.333. The summed E-state index contributed by atoms with van der Waals surface area (Å²) in [4.78, 5) is 11.7. The smallest absolute Gasteiger partial charge is 0.409 e. The van der Waals surface area contributed by atoms with E-state index >= 15 is 0 Å². The molecule has 9 heteroatoms. The summed E-state index contributed by atoms with van der Waals surface area (Å²) in [6.07, 6.45) is -4.59. The van der Waals surface area contributed by atoms with Crippen LogP contribution in [0.25, 0.3) is 0 Å². The maximum absolute atomic E-state index is 12.8. The maximum atomic E-state index is 12.8. The summed E-state index contributed by atoms with van der Waals surface area (Å²) in [5.74, 6) is -0.290. The Hall–Kier alpha value is -2.45. The van der Waals surface area contributed by atoms with Gasteiger partial charge in [-0.1, -0.05) is 17.3 Å². The molecular formula is C12H15F3N4O2. The van der Waals surface area contributed by atoms with E-state index in [1.807, 2.05) is 0 Å². The number of alkyl halides is 3. The lowest BCUT2D eigenvalue weighted by atomic mass is 10.1. The van der Waals surface area contributed by atoms with Gasteiger partial charge in [0, 0.05) is 0 Å². The van der Waals surface area contributed by atoms with E-state index < -0.39 is 29.0 Å². The number of nitrogens with zero attached hydrogens (tertiary/aromatic N) is 1. The predicted molar refractivity (Wildman–Crippen MR) is 71.1 cm³/mol. The van der Waals surface area contributed by atoms with Crippen molar-refractivity contribution in [3.8, 4) is 0 Å². The van der Waals surface area contributed by atoms with E-state index in [4.69, 9.17) is 10.9 Å². The second-order valence-electron chi connectivity index (χ2n) is 4.73. The largest absolute Gasteiger partial charge is 0.418 e. The Labute approximate surface area is 118 Å². The number of nitrogens with two attached hydrogens (primary N) is 1. The van der Waals surface area contributed by atoms with E-state index in [0.717, 1.165) is 12.1 Å². The minimum absolute atomic E-state index is 0.290. The standard InChI is InChI=1S/C12H15F3N4O2/c1-11(2,9(16)19-21)18-10(20)17-8-6-4-3-5-7(8)12(13,14)15/h3-6,21H,1-2H3,(H2,16,19)(H2,17,18,20). The molecule has 1 rings (SSSR count). The third-order valence-corrected chi connectivity index (χ3v) is 2.65. The van der Waals surface area contributed by atoms with Gasteiger partial charge >= 0.3 is 12.2 Å². The van der Waals surface area contributed by atoms with Crippen molar-refractivity contribution < 1.29 is 23.2 Å². The monoisotopic (exact) mass is 304 g/mol. The predicted octanol–water partition coefficient (Wildman–Crippen LogP) is 2.35. The first kappa shape index (κ1) is 16.6. The molecule has 2 amide bonds. The molecule has 21 heavy (non-hydrogen) atoms. The highest BCUT2D eigenvalue weighted by atomic mass is 19.4. The van der Waals surface area contributed by atoms with Crippen LogP contribution >= 0.6 is 0 Å². The molecule has 0 saturated heterocycles. The van der Waals surface area contributed by atoms with Crippen molar-refractivity contribution >= 4 is 17.6 Å². The molecule has 5 N–H and O–H groups in total. The first-order chi connectivity index (χ1) is 9.58. The molecule has 0 spiro atoms. The van der Waals surface area contributed by atoms with Crippen LogP contribution in [0.15, 0.2) is 29.4 Å². The van der Waals surface area contributed by atoms with Crippen LogP contribution < -0.4 is 16.4 Å². The normalized spacial score (nSPS) is 12.9. The summed E-state index contributed by atoms with van der Waals surface area (Å²) in [6.45, 7) is 2.86. The first-order valence-electron chi connectivity index (χ1n) is 5.81. The van der Waals surface area contributed by atoms with Gasteiger partial charge in [-0.05, 0) is 26.0 Å². The molecule has 0 heterocycles. The van der Waals surface area contributed by atoms with Crippen LogP contribution in [0.2, 0.25) is 0 Å². The molecule has 0 aliphatic rings. The molecule has 0 aliphatic heterocycles. The van der Waals surface area contributed by atoms with Gasteiger partial charge in [0.2, 0.25) is 0 Å². The van der Waals surface area contributed by atoms with Crippen molar-refractivity contribution in [1.82, 2.24) is 5.32 Å². The summed E-state index contributed by atoms with van der Waals surface area (Å²) >= 11 is 0. The van der Waals surface area contributed by atoms with Gasteiger partial charge in [0.25, 0.3) is 0 Å². The zero-order chi connectivity index (χ0) is 16.3. The quantitative estimate of drug-likeness (QED) is 0.298. The van der Waals surface area contributed by atoms with E-state index in [1.54, 1.807) is 0 Å². The zero-order valence-electron chi connectivity index (χ0n) is 11.3. The molecule has 0 unspecified atom stereocenters. The van der Waals surface area contributed by atoms with Crippen molar-refractivity contribution in [3.63, 3.8) is 0 Å². The van der Waals surface area contributed by atoms with Crippen LogP contribution in [0, 0.1) is 0 Å². The Morgan fingerprint density at radius 3 is 2.38 bits per heavy atom. The topological polar surface area (TPSA) is 99.7 Å². The zero-order valence-corrected chi connectivity index (χ0v) is 11.3. The van der Waals surface area contributed by atoms with Crippen LogP contribution in [-0.4, -0.2) is 22.6 Å². The van der Waals surface area contributed by atoms with Crippen LogP contribution in [0.4, 0.5) is 23.7 Å². The Bertz CT molecular complexity index is 556. The molecule has 0 fully saturated rings. The summed E-state index contributed by atoms with van der Waals surface area (Å²) in [5.41, 5.74) is 2.78. The highest BCUT2D eigenvalue weighted by Crippen LogP contribution is 2.34. The van der Waals surface area contributed by atoms with E-state index in [0.29, 0.717) is 0 Å². The van der Waals surface area contributed by atoms with Crippen molar-refractivity contribution in [2.75, 3.05) is 5.32 Å². The molecule has 0 bridgehead atoms. The van der Waals surface area contributed by atoms with E-state index in [2.05, 4.69) is 15.8 Å². The minimum Gasteiger partial charge on any atom is -0.409 e. The van der Waals surface area contributed by atoms with E-state index in [-0.39, 0.29) is 5.84 Å². The van der Waals surface area contributed by atoms with Crippen LogP contribution in [0.1, 0.15) is 19.4 Å². The molecule has 116 valence electrons. The number of rotatable bonds is 3. The van der Waals surface area contributed by atoms with Crippen molar-refractivity contribution in [2.45, 2.75) is 25.6 Å². The summed E-state index contributed by atoms with van der Waals surface area (Å²) in [5, 5.41) is 15.7. The number of halogens is 3. The number of carbonyl (C=O) groups excluding carboxylic acids is 1. The number of hydrogen-bond donors (Lipinski definition) is 4. The number of para-hydroxylation sites is 1. The molecule has 0 atom stereocenters. The van der Waals surface area contributed by atoms with Crippen LogP contribution in [-0.2, 0) is 6.18 Å². The fourth-order valence-corrected chi connectivity index (χ4v) is 1.47. The molecular weight excluding hydrogens is 289 g/mol. The molecule has 0 radical (unpaired) electrons. The van der Waals surface area contributed by atoms with Crippen molar-refractivity contribution in [1.29, 1.82) is 0 Å². The highest BCUT2D eigenvalue weighted by molar-refractivity contribution is 5.97. The summed E-state index contributed by atoms with van der Waals surface area (Å²) < 4.78 is 38.3. The van der Waals surface area contributed by atoms with Crippen molar-refractivity contribution in [3.05, 3.63) is 29.8 Å². The number of benzene rings is 1. The van der Waals surface area contributed by atoms with Gasteiger partial charge in [-0.25, -0.2) is 4.79 Å². The lowest BCUT2D eigenvalue weighted by Crippen LogP contribution is -2.54. The second kappa shape index (κ2) is 5.90. The number of oxime groups is 1. The van der Waals surface area contributed by atoms with E-state index in [9.17, 15) is 18.0 Å². The molecule has 0 saturated carbocycles. The third kappa shape index (κ3) is 4.26. The molecule has 6 nitrogen and oxygen atoms in total. The van der Waals surface area contributed by atoms with Gasteiger partial charge in [-0.2, -0.15) is 13.2 Å². The third-order valence-electron chi connectivity index (χ3n) is 2.65. The molecule has 0 aliphatic carbocycles. The SMILES string of the molecule is CC(C)(NC(=O)Nc1ccccc1C(F)(F)F)C(N)=NO. The molecule has 1 aromatic carbocycles. The number of anilines is 1. The number of amides is 2. The number of hydrogen-bond acceptors (Lipinski definition) is 3. The average molecular weight is 304 g/mol. The summed E-state index contributed by atoms with van der Waals surface area (Å²) in [6, 6.07) is 3.64. The highest BCUT2D eigenvalue weighted by Gasteiger charge is 2.34.